The van der Waals surface area contributed by atoms with Crippen LogP contribution in [0.3, 0.4) is 0 Å². The van der Waals surface area contributed by atoms with Crippen molar-refractivity contribution < 1.29 is 9.13 Å². The van der Waals surface area contributed by atoms with E-state index >= 15 is 0 Å². The van der Waals surface area contributed by atoms with Crippen LogP contribution in [0.4, 0.5) is 4.39 Å². The molecule has 0 fully saturated rings. The summed E-state index contributed by atoms with van der Waals surface area (Å²) in [6.07, 6.45) is -0.0995. The van der Waals surface area contributed by atoms with Crippen molar-refractivity contribution in [1.29, 1.82) is 0 Å². The van der Waals surface area contributed by atoms with E-state index in [0.717, 1.165) is 6.54 Å². The van der Waals surface area contributed by atoms with Crippen molar-refractivity contribution in [3.8, 4) is 5.75 Å². The van der Waals surface area contributed by atoms with Crippen molar-refractivity contribution in [3.05, 3.63) is 50.1 Å². The molecule has 7 heteroatoms. The third-order valence-corrected chi connectivity index (χ3v) is 5.25. The largest absolute Gasteiger partial charge is 0.483 e. The molecule has 1 aromatic heterocycles. The fraction of sp³-hybridized carbons (Fsp3) is 0.333. The summed E-state index contributed by atoms with van der Waals surface area (Å²) in [6.45, 7) is 1.54. The van der Waals surface area contributed by atoms with Gasteiger partial charge in [0.1, 0.15) is 18.5 Å². The summed E-state index contributed by atoms with van der Waals surface area (Å²) >= 11 is 13.6. The van der Waals surface area contributed by atoms with E-state index in [9.17, 15) is 4.39 Å². The second kappa shape index (κ2) is 7.84. The molecule has 0 saturated carbocycles. The number of rotatable bonds is 4. The number of fused-ring (bicyclic) bond motifs is 1. The summed E-state index contributed by atoms with van der Waals surface area (Å²) in [7, 11) is 0. The molecule has 2 nitrogen and oxygen atoms in total. The van der Waals surface area contributed by atoms with Gasteiger partial charge in [-0.15, -0.1) is 23.7 Å². The summed E-state index contributed by atoms with van der Waals surface area (Å²) in [6, 6.07) is 7.31. The Balaban J connectivity index is 0.00000176. The molecule has 22 heavy (non-hydrogen) atoms. The fourth-order valence-electron chi connectivity index (χ4n) is 2.48. The van der Waals surface area contributed by atoms with E-state index in [1.54, 1.807) is 29.5 Å². The monoisotopic (exact) mass is 381 g/mol. The average molecular weight is 383 g/mol. The zero-order chi connectivity index (χ0) is 14.8. The maximum Gasteiger partial charge on any atom is 0.146 e. The SMILES string of the molecule is Cl.FCCN1Cc2ccsc2C(Oc2ccc(Cl)c(Cl)c2)C1. The highest BCUT2D eigenvalue weighted by atomic mass is 35.5. The molecule has 0 amide bonds. The first kappa shape index (κ1) is 17.8. The van der Waals surface area contributed by atoms with Gasteiger partial charge in [-0.1, -0.05) is 23.2 Å². The molecule has 1 aliphatic heterocycles. The molecule has 0 aliphatic carbocycles. The molecule has 0 spiro atoms. The first-order valence-electron chi connectivity index (χ1n) is 6.63. The Hall–Kier alpha value is -0.520. The number of thiophene rings is 1. The van der Waals surface area contributed by atoms with Gasteiger partial charge in [0.05, 0.1) is 14.9 Å². The van der Waals surface area contributed by atoms with E-state index in [2.05, 4.69) is 16.3 Å². The fourth-order valence-corrected chi connectivity index (χ4v) is 3.70. The Morgan fingerprint density at radius 1 is 1.27 bits per heavy atom. The van der Waals surface area contributed by atoms with Crippen LogP contribution >= 0.6 is 46.9 Å². The van der Waals surface area contributed by atoms with Gasteiger partial charge < -0.3 is 4.74 Å². The molecule has 120 valence electrons. The lowest BCUT2D eigenvalue weighted by Crippen LogP contribution is -2.36. The van der Waals surface area contributed by atoms with Crippen LogP contribution in [0, 0.1) is 0 Å². The highest BCUT2D eigenvalue weighted by Crippen LogP contribution is 2.35. The molecule has 2 aromatic rings. The Bertz CT molecular complexity index is 637. The third kappa shape index (κ3) is 3.87. The molecule has 2 heterocycles. The lowest BCUT2D eigenvalue weighted by Gasteiger charge is -2.32. The molecule has 1 unspecified atom stereocenters. The molecule has 0 bridgehead atoms. The summed E-state index contributed by atoms with van der Waals surface area (Å²) in [5.41, 5.74) is 1.21. The van der Waals surface area contributed by atoms with E-state index in [-0.39, 0.29) is 25.2 Å². The second-order valence-corrected chi connectivity index (χ2v) is 6.68. The normalized spacial score (nSPS) is 17.7. The predicted octanol–water partition coefficient (Wildman–Crippen LogP) is 5.38. The predicted molar refractivity (Wildman–Crippen MR) is 92.7 cm³/mol. The van der Waals surface area contributed by atoms with Crippen LogP contribution in [0.15, 0.2) is 29.6 Å². The van der Waals surface area contributed by atoms with Crippen LogP contribution in [-0.4, -0.2) is 24.7 Å². The highest BCUT2D eigenvalue weighted by molar-refractivity contribution is 7.10. The number of hydrogen-bond acceptors (Lipinski definition) is 3. The van der Waals surface area contributed by atoms with Gasteiger partial charge in [-0.05, 0) is 29.1 Å². The van der Waals surface area contributed by atoms with Gasteiger partial charge in [-0.3, -0.25) is 4.90 Å². The van der Waals surface area contributed by atoms with Crippen LogP contribution in [0.5, 0.6) is 5.75 Å². The molecule has 1 atom stereocenters. The van der Waals surface area contributed by atoms with Gasteiger partial charge in [0.25, 0.3) is 0 Å². The minimum absolute atomic E-state index is 0. The molecular formula is C15H15Cl3FNOS. The van der Waals surface area contributed by atoms with Gasteiger partial charge >= 0.3 is 0 Å². The van der Waals surface area contributed by atoms with Crippen LogP contribution in [0.2, 0.25) is 10.0 Å². The second-order valence-electron chi connectivity index (χ2n) is 4.92. The van der Waals surface area contributed by atoms with Crippen molar-refractivity contribution in [1.82, 2.24) is 4.90 Å². The third-order valence-electron chi connectivity index (χ3n) is 3.46. The van der Waals surface area contributed by atoms with Crippen molar-refractivity contribution in [2.45, 2.75) is 12.6 Å². The Labute approximate surface area is 149 Å². The Kier molecular flexibility index (Phi) is 6.36. The van der Waals surface area contributed by atoms with Gasteiger partial charge in [0.2, 0.25) is 0 Å². The maximum absolute atomic E-state index is 12.6. The van der Waals surface area contributed by atoms with Crippen LogP contribution < -0.4 is 4.74 Å². The zero-order valence-corrected chi connectivity index (χ0v) is 14.7. The number of benzene rings is 1. The summed E-state index contributed by atoms with van der Waals surface area (Å²) < 4.78 is 18.7. The number of nitrogens with zero attached hydrogens (tertiary/aromatic N) is 1. The lowest BCUT2D eigenvalue weighted by atomic mass is 10.1. The molecule has 0 saturated heterocycles. The zero-order valence-electron chi connectivity index (χ0n) is 11.6. The summed E-state index contributed by atoms with van der Waals surface area (Å²) in [4.78, 5) is 3.27. The number of halogens is 4. The summed E-state index contributed by atoms with van der Waals surface area (Å²) in [5, 5.41) is 3.02. The number of hydrogen-bond donors (Lipinski definition) is 0. The van der Waals surface area contributed by atoms with Crippen molar-refractivity contribution in [2.24, 2.45) is 0 Å². The topological polar surface area (TPSA) is 12.5 Å². The minimum atomic E-state index is -0.348. The molecule has 0 radical (unpaired) electrons. The summed E-state index contributed by atoms with van der Waals surface area (Å²) in [5.74, 6) is 0.677. The maximum atomic E-state index is 12.6. The van der Waals surface area contributed by atoms with Crippen LogP contribution in [0.25, 0.3) is 0 Å². The molecule has 1 aliphatic rings. The Morgan fingerprint density at radius 2 is 2.09 bits per heavy atom. The lowest BCUT2D eigenvalue weighted by molar-refractivity contribution is 0.110. The van der Waals surface area contributed by atoms with Crippen molar-refractivity contribution in [2.75, 3.05) is 19.8 Å². The van der Waals surface area contributed by atoms with E-state index in [0.29, 0.717) is 28.9 Å². The minimum Gasteiger partial charge on any atom is -0.483 e. The van der Waals surface area contributed by atoms with Crippen molar-refractivity contribution >= 4 is 46.9 Å². The average Bonchev–Trinajstić information content (AvgIpc) is 2.92. The van der Waals surface area contributed by atoms with Crippen molar-refractivity contribution in [3.63, 3.8) is 0 Å². The van der Waals surface area contributed by atoms with Crippen LogP contribution in [-0.2, 0) is 6.54 Å². The van der Waals surface area contributed by atoms with Gasteiger partial charge in [-0.2, -0.15) is 0 Å². The quantitative estimate of drug-likeness (QED) is 0.703. The van der Waals surface area contributed by atoms with E-state index < -0.39 is 0 Å². The first-order valence-corrected chi connectivity index (χ1v) is 8.27. The highest BCUT2D eigenvalue weighted by Gasteiger charge is 2.27. The van der Waals surface area contributed by atoms with E-state index in [1.807, 2.05) is 0 Å². The van der Waals surface area contributed by atoms with E-state index in [1.165, 1.54) is 10.4 Å². The Morgan fingerprint density at radius 3 is 2.82 bits per heavy atom. The number of ether oxygens (including phenoxy) is 1. The molecule has 3 rings (SSSR count). The van der Waals surface area contributed by atoms with Crippen LogP contribution in [0.1, 0.15) is 16.5 Å². The van der Waals surface area contributed by atoms with E-state index in [4.69, 9.17) is 27.9 Å². The number of alkyl halides is 1. The standard InChI is InChI=1S/C15H14Cl2FNOS.ClH/c16-12-2-1-11(7-13(12)17)20-14-9-19(5-4-18)8-10-3-6-21-15(10)14;/h1-3,6-7,14H,4-5,8-9H2;1H. The van der Waals surface area contributed by atoms with Gasteiger partial charge in [-0.25, -0.2) is 4.39 Å². The molecular weight excluding hydrogens is 368 g/mol. The van der Waals surface area contributed by atoms with Gasteiger partial charge in [0, 0.05) is 25.7 Å². The van der Waals surface area contributed by atoms with Gasteiger partial charge in [0.15, 0.2) is 0 Å². The first-order chi connectivity index (χ1) is 10.2. The molecule has 1 aromatic carbocycles. The molecule has 0 N–H and O–H groups in total. The smallest absolute Gasteiger partial charge is 0.146 e.